The van der Waals surface area contributed by atoms with Crippen LogP contribution < -0.4 is 0 Å². The van der Waals surface area contributed by atoms with Crippen LogP contribution in [0.5, 0.6) is 0 Å². The van der Waals surface area contributed by atoms with E-state index >= 15 is 0 Å². The van der Waals surface area contributed by atoms with Gasteiger partial charge in [-0.25, -0.2) is 0 Å². The fraction of sp³-hybridized carbons (Fsp3) is 0.250. The molecule has 0 fully saturated rings. The summed E-state index contributed by atoms with van der Waals surface area (Å²) < 4.78 is 9.54. The maximum absolute atomic E-state index is 9.54. The summed E-state index contributed by atoms with van der Waals surface area (Å²) in [6.45, 7) is 5.17. The van der Waals surface area contributed by atoms with E-state index in [1.54, 1.807) is 6.92 Å². The van der Waals surface area contributed by atoms with E-state index < -0.39 is 0 Å². The second-order valence-electron chi connectivity index (χ2n) is 0.983. The Labute approximate surface area is 38.2 Å². The maximum atomic E-state index is 9.54. The number of hydrogen-bond donors (Lipinski definition) is 0. The van der Waals surface area contributed by atoms with E-state index in [2.05, 4.69) is 12.2 Å². The summed E-state index contributed by atoms with van der Waals surface area (Å²) in [4.78, 5) is 0. The van der Waals surface area contributed by atoms with Crippen molar-refractivity contribution < 1.29 is 4.57 Å². The van der Waals surface area contributed by atoms with Gasteiger partial charge in [0.15, 0.2) is 0 Å². The minimum absolute atomic E-state index is 0.0756. The molecule has 0 radical (unpaired) electrons. The van der Waals surface area contributed by atoms with E-state index in [-0.39, 0.29) is 7.92 Å². The average molecular weight is 100 g/mol. The van der Waals surface area contributed by atoms with Crippen molar-refractivity contribution in [3.05, 3.63) is 12.2 Å². The Kier molecular flexibility index (Phi) is 2.84. The molecule has 0 N–H and O–H groups in total. The van der Waals surface area contributed by atoms with Crippen molar-refractivity contribution >= 4 is 7.92 Å². The van der Waals surface area contributed by atoms with Gasteiger partial charge in [0, 0.05) is 0 Å². The van der Waals surface area contributed by atoms with Crippen molar-refractivity contribution in [2.45, 2.75) is 6.92 Å². The van der Waals surface area contributed by atoms with Gasteiger partial charge in [-0.15, -0.1) is 0 Å². The van der Waals surface area contributed by atoms with Crippen LogP contribution in [0.1, 0.15) is 6.92 Å². The summed E-state index contributed by atoms with van der Waals surface area (Å²) >= 11 is 0. The van der Waals surface area contributed by atoms with Gasteiger partial charge in [0.2, 0.25) is 0 Å². The molecule has 1 nitrogen and oxygen atoms in total. The molecule has 0 aromatic carbocycles. The van der Waals surface area contributed by atoms with Crippen LogP contribution in [0, 0.1) is 5.63 Å². The molecular formula is C4H5OP. The number of allylic oxidation sites excluding steroid dienone is 1. The Bertz CT molecular complexity index is 140. The molecule has 0 heterocycles. The third kappa shape index (κ3) is 3.75. The molecular weight excluding hydrogens is 95.0 g/mol. The summed E-state index contributed by atoms with van der Waals surface area (Å²) in [5, 5.41) is 0. The van der Waals surface area contributed by atoms with Crippen LogP contribution in [0.4, 0.5) is 0 Å². The zero-order valence-electron chi connectivity index (χ0n) is 3.56. The molecule has 0 aromatic rings. The van der Waals surface area contributed by atoms with Crippen molar-refractivity contribution in [2.75, 3.05) is 0 Å². The van der Waals surface area contributed by atoms with Gasteiger partial charge in [-0.05, 0) is 0 Å². The SMILES string of the molecule is C=C(C)C#P=O. The van der Waals surface area contributed by atoms with Crippen molar-refractivity contribution in [3.8, 4) is 5.63 Å². The normalized spacial score (nSPS) is 6.17. The van der Waals surface area contributed by atoms with Crippen molar-refractivity contribution in [2.24, 2.45) is 0 Å². The van der Waals surface area contributed by atoms with Crippen LogP contribution in [-0.4, -0.2) is 0 Å². The molecule has 0 bridgehead atoms. The second kappa shape index (κ2) is 2.96. The minimum atomic E-state index is -0.0756. The van der Waals surface area contributed by atoms with Gasteiger partial charge in [0.25, 0.3) is 0 Å². The van der Waals surface area contributed by atoms with Gasteiger partial charge in [0.05, 0.1) is 0 Å². The van der Waals surface area contributed by atoms with E-state index in [4.69, 9.17) is 0 Å². The molecule has 0 saturated heterocycles. The molecule has 2 heteroatoms. The average Bonchev–Trinajstić information content (AvgIpc) is 1.35. The molecule has 0 amide bonds. The molecule has 6 heavy (non-hydrogen) atoms. The Balaban J connectivity index is 3.84. The Morgan fingerprint density at radius 3 is 2.50 bits per heavy atom. The molecule has 0 unspecified atom stereocenters. The summed E-state index contributed by atoms with van der Waals surface area (Å²) in [7, 11) is -0.0756. The third-order valence-corrected chi connectivity index (χ3v) is 0.710. The van der Waals surface area contributed by atoms with E-state index in [0.29, 0.717) is 5.57 Å². The molecule has 0 saturated carbocycles. The number of hydrogen-bond acceptors (Lipinski definition) is 1. The first-order valence-corrected chi connectivity index (χ1v) is 2.32. The zero-order chi connectivity index (χ0) is 4.99. The topological polar surface area (TPSA) is 17.1 Å². The van der Waals surface area contributed by atoms with Gasteiger partial charge in [0.1, 0.15) is 0 Å². The molecule has 0 aromatic heterocycles. The molecule has 32 valence electrons. The molecule has 0 atom stereocenters. The van der Waals surface area contributed by atoms with E-state index in [1.807, 2.05) is 0 Å². The van der Waals surface area contributed by atoms with Gasteiger partial charge < -0.3 is 0 Å². The fourth-order valence-corrected chi connectivity index (χ4v) is 0.234. The molecule has 0 aliphatic heterocycles. The Hall–Kier alpha value is -0.250. The predicted octanol–water partition coefficient (Wildman–Crippen LogP) is 1.81. The van der Waals surface area contributed by atoms with E-state index in [0.717, 1.165) is 0 Å². The zero-order valence-corrected chi connectivity index (χ0v) is 4.46. The van der Waals surface area contributed by atoms with Crippen LogP contribution in [0.25, 0.3) is 0 Å². The van der Waals surface area contributed by atoms with Crippen molar-refractivity contribution in [1.82, 2.24) is 0 Å². The van der Waals surface area contributed by atoms with Gasteiger partial charge >= 0.3 is 37.2 Å². The summed E-state index contributed by atoms with van der Waals surface area (Å²) in [5.74, 6) is 0. The van der Waals surface area contributed by atoms with Crippen LogP contribution in [-0.2, 0) is 4.57 Å². The first-order valence-electron chi connectivity index (χ1n) is 1.51. The molecule has 0 rings (SSSR count). The Morgan fingerprint density at radius 1 is 2.00 bits per heavy atom. The summed E-state index contributed by atoms with van der Waals surface area (Å²) in [6.07, 6.45) is 0. The standard InChI is InChI=1S/C4H5OP/c1-4(2)3-6-5/h1H2,2H3. The summed E-state index contributed by atoms with van der Waals surface area (Å²) in [5.41, 5.74) is 3.15. The quantitative estimate of drug-likeness (QED) is 0.424. The van der Waals surface area contributed by atoms with E-state index in [9.17, 15) is 4.57 Å². The molecule has 0 aliphatic carbocycles. The monoisotopic (exact) mass is 100 g/mol. The fourth-order valence-electron chi connectivity index (χ4n) is 0.0779. The Morgan fingerprint density at radius 2 is 2.50 bits per heavy atom. The van der Waals surface area contributed by atoms with Gasteiger partial charge in [-0.3, -0.25) is 0 Å². The summed E-state index contributed by atoms with van der Waals surface area (Å²) in [6, 6.07) is 0. The second-order valence-corrected chi connectivity index (χ2v) is 1.39. The first-order chi connectivity index (χ1) is 2.77. The van der Waals surface area contributed by atoms with Crippen LogP contribution in [0.15, 0.2) is 12.2 Å². The first kappa shape index (κ1) is 5.75. The van der Waals surface area contributed by atoms with E-state index in [1.165, 1.54) is 0 Å². The number of rotatable bonds is 0. The van der Waals surface area contributed by atoms with Crippen LogP contribution >= 0.6 is 7.92 Å². The van der Waals surface area contributed by atoms with Crippen LogP contribution in [0.3, 0.4) is 0 Å². The van der Waals surface area contributed by atoms with Crippen molar-refractivity contribution in [3.63, 3.8) is 0 Å². The van der Waals surface area contributed by atoms with Crippen molar-refractivity contribution in [1.29, 1.82) is 0 Å². The predicted molar refractivity (Wildman–Crippen MR) is 26.3 cm³/mol. The molecule has 0 aliphatic rings. The third-order valence-electron chi connectivity index (χ3n) is 0.237. The molecule has 0 spiro atoms. The van der Waals surface area contributed by atoms with Crippen LogP contribution in [0.2, 0.25) is 0 Å². The van der Waals surface area contributed by atoms with Gasteiger partial charge in [-0.1, -0.05) is 0 Å². The van der Waals surface area contributed by atoms with Gasteiger partial charge in [-0.2, -0.15) is 0 Å².